The molecule has 0 bridgehead atoms. The van der Waals surface area contributed by atoms with Crippen LogP contribution < -0.4 is 4.48 Å². The number of hydrogen-bond acceptors (Lipinski definition) is 4. The van der Waals surface area contributed by atoms with E-state index in [9.17, 15) is 14.9 Å². The van der Waals surface area contributed by atoms with Gasteiger partial charge in [-0.3, -0.25) is 14.6 Å². The van der Waals surface area contributed by atoms with Gasteiger partial charge in [-0.05, 0) is 24.3 Å². The summed E-state index contributed by atoms with van der Waals surface area (Å²) in [6.07, 6.45) is 1.74. The number of esters is 1. The number of ether oxygens (including phenoxy) is 1. The Morgan fingerprint density at radius 2 is 1.92 bits per heavy atom. The number of carbonyl (C=O) groups excluding carboxylic acids is 1. The highest BCUT2D eigenvalue weighted by Gasteiger charge is 2.16. The van der Waals surface area contributed by atoms with Crippen LogP contribution in [0.3, 0.4) is 0 Å². The molecule has 1 aromatic heterocycles. The van der Waals surface area contributed by atoms with Crippen LogP contribution in [-0.4, -0.2) is 36.6 Å². The van der Waals surface area contributed by atoms with E-state index in [1.807, 2.05) is 39.3 Å². The van der Waals surface area contributed by atoms with Crippen LogP contribution in [0.15, 0.2) is 54.7 Å². The first-order valence-electron chi connectivity index (χ1n) is 8.08. The zero-order valence-corrected chi connectivity index (χ0v) is 14.9. The molecule has 0 N–H and O–H groups in total. The average Bonchev–Trinajstić information content (AvgIpc) is 3.01. The molecule has 0 atom stereocenters. The monoisotopic (exact) mass is 354 g/mol. The van der Waals surface area contributed by atoms with Crippen LogP contribution in [0.25, 0.3) is 10.9 Å². The van der Waals surface area contributed by atoms with Crippen LogP contribution in [0, 0.1) is 10.1 Å². The summed E-state index contributed by atoms with van der Waals surface area (Å²) in [5.41, 5.74) is 2.29. The molecule has 26 heavy (non-hydrogen) atoms. The number of aromatic nitrogens is 1. The molecular formula is C19H20N3O4+. The SMILES string of the molecule is C[N+](C)(C)c1cccc(C(=O)OCn2ccc3cc([N+](=O)[O-])ccc32)c1. The van der Waals surface area contributed by atoms with Gasteiger partial charge in [-0.2, -0.15) is 0 Å². The summed E-state index contributed by atoms with van der Waals surface area (Å²) in [5, 5.41) is 11.6. The summed E-state index contributed by atoms with van der Waals surface area (Å²) in [5.74, 6) is -0.413. The highest BCUT2D eigenvalue weighted by Crippen LogP contribution is 2.22. The van der Waals surface area contributed by atoms with Crippen molar-refractivity contribution in [3.8, 4) is 0 Å². The smallest absolute Gasteiger partial charge is 0.340 e. The minimum absolute atomic E-state index is 0.0318. The lowest BCUT2D eigenvalue weighted by Gasteiger charge is -2.23. The number of hydrogen-bond donors (Lipinski definition) is 0. The average molecular weight is 354 g/mol. The van der Waals surface area contributed by atoms with Gasteiger partial charge < -0.3 is 9.30 Å². The summed E-state index contributed by atoms with van der Waals surface area (Å²) in [4.78, 5) is 22.8. The molecule has 0 spiro atoms. The zero-order chi connectivity index (χ0) is 18.9. The topological polar surface area (TPSA) is 74.4 Å². The maximum absolute atomic E-state index is 12.4. The third-order valence-corrected chi connectivity index (χ3v) is 4.16. The number of benzene rings is 2. The summed E-state index contributed by atoms with van der Waals surface area (Å²) < 4.78 is 7.75. The van der Waals surface area contributed by atoms with E-state index in [0.29, 0.717) is 10.0 Å². The number of nitrogens with zero attached hydrogens (tertiary/aromatic N) is 3. The Morgan fingerprint density at radius 3 is 2.62 bits per heavy atom. The lowest BCUT2D eigenvalue weighted by atomic mass is 10.2. The maximum Gasteiger partial charge on any atom is 0.340 e. The molecule has 0 aliphatic carbocycles. The van der Waals surface area contributed by atoms with Crippen molar-refractivity contribution < 1.29 is 14.5 Å². The highest BCUT2D eigenvalue weighted by atomic mass is 16.6. The van der Waals surface area contributed by atoms with Gasteiger partial charge in [0.1, 0.15) is 5.69 Å². The van der Waals surface area contributed by atoms with Crippen molar-refractivity contribution in [1.29, 1.82) is 0 Å². The van der Waals surface area contributed by atoms with Gasteiger partial charge in [0, 0.05) is 29.8 Å². The van der Waals surface area contributed by atoms with E-state index < -0.39 is 10.9 Å². The molecule has 134 valence electrons. The fourth-order valence-corrected chi connectivity index (χ4v) is 2.68. The van der Waals surface area contributed by atoms with Crippen molar-refractivity contribution in [3.05, 3.63) is 70.4 Å². The minimum Gasteiger partial charge on any atom is -0.440 e. The van der Waals surface area contributed by atoms with Crippen LogP contribution >= 0.6 is 0 Å². The van der Waals surface area contributed by atoms with E-state index >= 15 is 0 Å². The Morgan fingerprint density at radius 1 is 1.15 bits per heavy atom. The third kappa shape index (κ3) is 3.57. The second-order valence-corrected chi connectivity index (χ2v) is 6.91. The second-order valence-electron chi connectivity index (χ2n) is 6.91. The number of non-ortho nitro benzene ring substituents is 1. The lowest BCUT2D eigenvalue weighted by molar-refractivity contribution is -0.384. The fourth-order valence-electron chi connectivity index (χ4n) is 2.68. The predicted octanol–water partition coefficient (Wildman–Crippen LogP) is 3.56. The Labute approximate surface area is 150 Å². The number of carbonyl (C=O) groups is 1. The number of quaternary nitrogens is 1. The molecule has 0 saturated heterocycles. The number of rotatable bonds is 5. The van der Waals surface area contributed by atoms with Crippen molar-refractivity contribution in [3.63, 3.8) is 0 Å². The molecular weight excluding hydrogens is 334 g/mol. The Hall–Kier alpha value is -3.19. The van der Waals surface area contributed by atoms with Crippen LogP contribution in [-0.2, 0) is 11.5 Å². The fraction of sp³-hybridized carbons (Fsp3) is 0.211. The molecule has 7 heteroatoms. The largest absolute Gasteiger partial charge is 0.440 e. The maximum atomic E-state index is 12.4. The third-order valence-electron chi connectivity index (χ3n) is 4.16. The van der Waals surface area contributed by atoms with Crippen molar-refractivity contribution >= 4 is 28.2 Å². The van der Waals surface area contributed by atoms with E-state index in [0.717, 1.165) is 16.6 Å². The van der Waals surface area contributed by atoms with Gasteiger partial charge in [-0.15, -0.1) is 0 Å². The van der Waals surface area contributed by atoms with E-state index in [1.54, 1.807) is 29.0 Å². The molecule has 3 rings (SSSR count). The summed E-state index contributed by atoms with van der Waals surface area (Å²) in [6, 6.07) is 13.7. The molecule has 0 aliphatic heterocycles. The first kappa shape index (κ1) is 17.6. The summed E-state index contributed by atoms with van der Waals surface area (Å²) in [7, 11) is 6.07. The van der Waals surface area contributed by atoms with E-state index in [2.05, 4.69) is 0 Å². The molecule has 3 aromatic rings. The predicted molar refractivity (Wildman–Crippen MR) is 100 cm³/mol. The first-order valence-corrected chi connectivity index (χ1v) is 8.08. The van der Waals surface area contributed by atoms with E-state index in [1.165, 1.54) is 12.1 Å². The normalized spacial score (nSPS) is 11.5. The zero-order valence-electron chi connectivity index (χ0n) is 14.9. The summed E-state index contributed by atoms with van der Waals surface area (Å²) in [6.45, 7) is 0.0365. The van der Waals surface area contributed by atoms with Gasteiger partial charge in [0.25, 0.3) is 5.69 Å². The Kier molecular flexibility index (Phi) is 4.48. The van der Waals surface area contributed by atoms with Crippen LogP contribution in [0.1, 0.15) is 10.4 Å². The standard InChI is InChI=1S/C19H20N3O4/c1-22(2,3)17-6-4-5-15(12-17)19(23)26-13-20-10-9-14-11-16(21(24)25)7-8-18(14)20/h4-12H,13H2,1-3H3/q+1. The van der Waals surface area contributed by atoms with Gasteiger partial charge >= 0.3 is 5.97 Å². The van der Waals surface area contributed by atoms with Gasteiger partial charge in [0.15, 0.2) is 6.73 Å². The van der Waals surface area contributed by atoms with Gasteiger partial charge in [0.05, 0.1) is 37.1 Å². The first-order chi connectivity index (χ1) is 12.3. The molecule has 0 aliphatic rings. The van der Waals surface area contributed by atoms with Gasteiger partial charge in [-0.25, -0.2) is 4.79 Å². The quantitative estimate of drug-likeness (QED) is 0.304. The van der Waals surface area contributed by atoms with E-state index in [-0.39, 0.29) is 12.4 Å². The van der Waals surface area contributed by atoms with Crippen molar-refractivity contribution in [2.45, 2.75) is 6.73 Å². The van der Waals surface area contributed by atoms with Crippen molar-refractivity contribution in [1.82, 2.24) is 9.05 Å². The Balaban J connectivity index is 1.76. The molecule has 7 nitrogen and oxygen atoms in total. The van der Waals surface area contributed by atoms with Gasteiger partial charge in [-0.1, -0.05) is 6.07 Å². The number of fused-ring (bicyclic) bond motifs is 1. The number of nitro benzene ring substituents is 1. The number of nitro groups is 1. The van der Waals surface area contributed by atoms with Crippen molar-refractivity contribution in [2.75, 3.05) is 21.1 Å². The molecule has 2 aromatic carbocycles. The van der Waals surface area contributed by atoms with Crippen LogP contribution in [0.4, 0.5) is 11.4 Å². The molecule has 0 amide bonds. The lowest BCUT2D eigenvalue weighted by Crippen LogP contribution is -2.34. The molecule has 1 heterocycles. The molecule has 0 saturated carbocycles. The summed E-state index contributed by atoms with van der Waals surface area (Å²) >= 11 is 0. The van der Waals surface area contributed by atoms with Crippen molar-refractivity contribution in [2.24, 2.45) is 0 Å². The molecule has 0 fully saturated rings. The van der Waals surface area contributed by atoms with Crippen LogP contribution in [0.5, 0.6) is 0 Å². The van der Waals surface area contributed by atoms with E-state index in [4.69, 9.17) is 4.74 Å². The minimum atomic E-state index is -0.433. The van der Waals surface area contributed by atoms with Crippen LogP contribution in [0.2, 0.25) is 0 Å². The molecule has 0 radical (unpaired) electrons. The Bertz CT molecular complexity index is 986. The van der Waals surface area contributed by atoms with Gasteiger partial charge in [0.2, 0.25) is 0 Å². The highest BCUT2D eigenvalue weighted by molar-refractivity contribution is 5.90. The molecule has 0 unspecified atom stereocenters. The second kappa shape index (κ2) is 6.61.